The molecule has 0 N–H and O–H groups in total. The Balaban J connectivity index is 0. The molecule has 0 aliphatic rings. The lowest BCUT2D eigenvalue weighted by molar-refractivity contribution is -0.475. The molecule has 0 rings (SSSR count). The Morgan fingerprint density at radius 2 is 1.70 bits per heavy atom. The highest BCUT2D eigenvalue weighted by Crippen LogP contribution is 1.71. The van der Waals surface area contributed by atoms with Gasteiger partial charge in [0.2, 0.25) is 6.54 Å². The first-order valence-corrected chi connectivity index (χ1v) is 3.15. The van der Waals surface area contributed by atoms with E-state index in [1.54, 1.807) is 6.92 Å². The molecule has 0 saturated heterocycles. The topological polar surface area (TPSA) is 60.2 Å². The lowest BCUT2D eigenvalue weighted by atomic mass is 10.4. The summed E-state index contributed by atoms with van der Waals surface area (Å²) >= 11 is 0. The molecule has 10 heavy (non-hydrogen) atoms. The van der Waals surface area contributed by atoms with Crippen LogP contribution in [0.1, 0.15) is 27.2 Å². The molecular weight excluding hydrogens is 134 g/mol. The SMILES string of the molecule is CCC(C)=O.CC[N+](=O)[O-]. The van der Waals surface area contributed by atoms with Crippen LogP contribution in [0.15, 0.2) is 0 Å². The molecule has 0 heterocycles. The number of Topliss-reactive ketones (excluding diaryl/α,β-unsaturated/α-hetero) is 1. The smallest absolute Gasteiger partial charge is 0.201 e. The minimum absolute atomic E-state index is 0.0278. The zero-order chi connectivity index (χ0) is 8.57. The molecule has 0 bridgehead atoms. The molecule has 0 radical (unpaired) electrons. The average molecular weight is 147 g/mol. The van der Waals surface area contributed by atoms with Gasteiger partial charge < -0.3 is 4.79 Å². The molecule has 0 saturated carbocycles. The second-order valence-electron chi connectivity index (χ2n) is 1.70. The zero-order valence-electron chi connectivity index (χ0n) is 6.59. The van der Waals surface area contributed by atoms with E-state index in [1.165, 1.54) is 6.92 Å². The van der Waals surface area contributed by atoms with Crippen LogP contribution < -0.4 is 0 Å². The highest BCUT2D eigenvalue weighted by atomic mass is 16.6. The van der Waals surface area contributed by atoms with E-state index >= 15 is 0 Å². The van der Waals surface area contributed by atoms with Crippen molar-refractivity contribution in [1.82, 2.24) is 0 Å². The van der Waals surface area contributed by atoms with Crippen molar-refractivity contribution in [3.63, 3.8) is 0 Å². The van der Waals surface area contributed by atoms with Gasteiger partial charge in [0.1, 0.15) is 5.78 Å². The highest BCUT2D eigenvalue weighted by Gasteiger charge is 1.77. The van der Waals surface area contributed by atoms with Crippen molar-refractivity contribution in [2.75, 3.05) is 6.54 Å². The normalized spacial score (nSPS) is 7.50. The summed E-state index contributed by atoms with van der Waals surface area (Å²) in [7, 11) is 0. The molecule has 0 aromatic heterocycles. The molecule has 0 aromatic carbocycles. The maximum atomic E-state index is 9.81. The standard InChI is InChI=1S/C4H8O.C2H5NO2/c1-3-4(2)5;1-2-3(4)5/h3H2,1-2H3;2H2,1H3. The van der Waals surface area contributed by atoms with E-state index in [-0.39, 0.29) is 17.3 Å². The molecule has 60 valence electrons. The molecule has 0 aliphatic heterocycles. The van der Waals surface area contributed by atoms with Gasteiger partial charge in [-0.05, 0) is 6.92 Å². The number of carbonyl (C=O) groups excluding carboxylic acids is 1. The molecule has 0 unspecified atom stereocenters. The summed E-state index contributed by atoms with van der Waals surface area (Å²) in [4.78, 5) is 18.6. The van der Waals surface area contributed by atoms with Gasteiger partial charge in [-0.2, -0.15) is 0 Å². The van der Waals surface area contributed by atoms with Crippen LogP contribution in [0.4, 0.5) is 0 Å². The lowest BCUT2D eigenvalue weighted by Crippen LogP contribution is -1.92. The van der Waals surface area contributed by atoms with Crippen LogP contribution in [0.25, 0.3) is 0 Å². The van der Waals surface area contributed by atoms with Gasteiger partial charge in [-0.3, -0.25) is 10.1 Å². The number of rotatable bonds is 2. The largest absolute Gasteiger partial charge is 0.300 e. The molecule has 4 nitrogen and oxygen atoms in total. The van der Waals surface area contributed by atoms with Gasteiger partial charge in [0.15, 0.2) is 0 Å². The minimum Gasteiger partial charge on any atom is -0.300 e. The summed E-state index contributed by atoms with van der Waals surface area (Å²) in [6, 6.07) is 0. The van der Waals surface area contributed by atoms with Crippen LogP contribution >= 0.6 is 0 Å². The van der Waals surface area contributed by atoms with Crippen LogP contribution in [-0.4, -0.2) is 17.3 Å². The first-order chi connectivity index (χ1) is 4.54. The van der Waals surface area contributed by atoms with Crippen LogP contribution in [-0.2, 0) is 4.79 Å². The van der Waals surface area contributed by atoms with E-state index in [0.29, 0.717) is 6.42 Å². The Hall–Kier alpha value is -0.930. The van der Waals surface area contributed by atoms with Crippen molar-refractivity contribution in [3.05, 3.63) is 10.1 Å². The number of nitrogens with zero attached hydrogens (tertiary/aromatic N) is 1. The Kier molecular flexibility index (Phi) is 9.54. The van der Waals surface area contributed by atoms with E-state index in [4.69, 9.17) is 0 Å². The molecule has 0 atom stereocenters. The Labute approximate surface area is 60.4 Å². The van der Waals surface area contributed by atoms with E-state index in [0.717, 1.165) is 0 Å². The van der Waals surface area contributed by atoms with E-state index < -0.39 is 0 Å². The molecule has 0 aromatic rings. The number of nitro groups is 1. The lowest BCUT2D eigenvalue weighted by Gasteiger charge is -1.73. The first kappa shape index (κ1) is 11.8. The number of ketones is 1. The van der Waals surface area contributed by atoms with Crippen LogP contribution in [0.2, 0.25) is 0 Å². The number of hydrogen-bond acceptors (Lipinski definition) is 3. The fourth-order valence-electron chi connectivity index (χ4n) is 0. The summed E-state index contributed by atoms with van der Waals surface area (Å²) in [5.41, 5.74) is 0. The highest BCUT2D eigenvalue weighted by molar-refractivity contribution is 5.74. The van der Waals surface area contributed by atoms with Crippen LogP contribution in [0, 0.1) is 10.1 Å². The Morgan fingerprint density at radius 3 is 1.70 bits per heavy atom. The molecule has 0 amide bonds. The average Bonchev–Trinajstić information content (AvgIpc) is 1.89. The van der Waals surface area contributed by atoms with Crippen molar-refractivity contribution in [3.8, 4) is 0 Å². The predicted octanol–water partition coefficient (Wildman–Crippen LogP) is 1.27. The van der Waals surface area contributed by atoms with Crippen LogP contribution in [0.5, 0.6) is 0 Å². The minimum atomic E-state index is -0.375. The van der Waals surface area contributed by atoms with Gasteiger partial charge in [0.05, 0.1) is 0 Å². The van der Waals surface area contributed by atoms with Crippen molar-refractivity contribution in [2.24, 2.45) is 0 Å². The van der Waals surface area contributed by atoms with E-state index in [9.17, 15) is 14.9 Å². The third-order valence-electron chi connectivity index (χ3n) is 0.756. The maximum absolute atomic E-state index is 9.81. The number of hydrogen-bond donors (Lipinski definition) is 0. The summed E-state index contributed by atoms with van der Waals surface area (Å²) in [6.45, 7) is 4.96. The quantitative estimate of drug-likeness (QED) is 0.436. The summed E-state index contributed by atoms with van der Waals surface area (Å²) in [5, 5.41) is 9.17. The molecule has 0 spiro atoms. The first-order valence-electron chi connectivity index (χ1n) is 3.15. The Bertz CT molecular complexity index is 97.6. The Morgan fingerprint density at radius 1 is 1.50 bits per heavy atom. The molecule has 0 aliphatic carbocycles. The second-order valence-corrected chi connectivity index (χ2v) is 1.70. The second kappa shape index (κ2) is 8.07. The van der Waals surface area contributed by atoms with Gasteiger partial charge in [0.25, 0.3) is 0 Å². The van der Waals surface area contributed by atoms with E-state index in [1.807, 2.05) is 6.92 Å². The molecule has 4 heteroatoms. The van der Waals surface area contributed by atoms with Crippen molar-refractivity contribution in [1.29, 1.82) is 0 Å². The van der Waals surface area contributed by atoms with Crippen molar-refractivity contribution >= 4 is 5.78 Å². The summed E-state index contributed by atoms with van der Waals surface area (Å²) in [6.07, 6.45) is 0.667. The van der Waals surface area contributed by atoms with Gasteiger partial charge in [0, 0.05) is 18.3 Å². The molecule has 0 fully saturated rings. The van der Waals surface area contributed by atoms with E-state index in [2.05, 4.69) is 0 Å². The molecular formula is C6H13NO3. The van der Waals surface area contributed by atoms with Gasteiger partial charge >= 0.3 is 0 Å². The third-order valence-corrected chi connectivity index (χ3v) is 0.756. The van der Waals surface area contributed by atoms with Gasteiger partial charge in [-0.25, -0.2) is 0 Å². The maximum Gasteiger partial charge on any atom is 0.201 e. The summed E-state index contributed by atoms with van der Waals surface area (Å²) in [5.74, 6) is 0.255. The van der Waals surface area contributed by atoms with Crippen LogP contribution in [0.3, 0.4) is 0 Å². The number of carbonyl (C=O) groups is 1. The van der Waals surface area contributed by atoms with Crippen molar-refractivity contribution in [2.45, 2.75) is 27.2 Å². The monoisotopic (exact) mass is 147 g/mol. The fraction of sp³-hybridized carbons (Fsp3) is 0.833. The van der Waals surface area contributed by atoms with Gasteiger partial charge in [-0.1, -0.05) is 6.92 Å². The predicted molar refractivity (Wildman–Crippen MR) is 38.5 cm³/mol. The summed E-state index contributed by atoms with van der Waals surface area (Å²) < 4.78 is 0. The third kappa shape index (κ3) is 27.6. The zero-order valence-corrected chi connectivity index (χ0v) is 6.59. The van der Waals surface area contributed by atoms with Crippen molar-refractivity contribution < 1.29 is 9.72 Å². The fourth-order valence-corrected chi connectivity index (χ4v) is 0. The van der Waals surface area contributed by atoms with Gasteiger partial charge in [-0.15, -0.1) is 0 Å².